The second-order valence-electron chi connectivity index (χ2n) is 8.35. The van der Waals surface area contributed by atoms with Gasteiger partial charge in [-0.3, -0.25) is 9.36 Å². The number of phenolic OH excluding ortho intramolecular Hbond substituents is 1. The number of aromatic hydroxyl groups is 1. The third kappa shape index (κ3) is 4.83. The third-order valence-electron chi connectivity index (χ3n) is 5.57. The van der Waals surface area contributed by atoms with E-state index in [0.717, 1.165) is 4.47 Å². The summed E-state index contributed by atoms with van der Waals surface area (Å²) in [6.07, 6.45) is 1.35. The van der Waals surface area contributed by atoms with Gasteiger partial charge in [0.05, 0.1) is 36.1 Å². The number of ether oxygens (including phenoxy) is 3. The smallest absolute Gasteiger partial charge is 0.338 e. The van der Waals surface area contributed by atoms with Crippen LogP contribution in [-0.2, 0) is 9.53 Å². The van der Waals surface area contributed by atoms with E-state index >= 15 is 0 Å². The van der Waals surface area contributed by atoms with Crippen molar-refractivity contribution in [3.63, 3.8) is 0 Å². The van der Waals surface area contributed by atoms with Crippen LogP contribution in [-0.4, -0.2) is 36.0 Å². The van der Waals surface area contributed by atoms with E-state index in [1.807, 2.05) is 12.1 Å². The fourth-order valence-corrected chi connectivity index (χ4v) is 5.43. The van der Waals surface area contributed by atoms with Gasteiger partial charge in [-0.15, -0.1) is 0 Å². The lowest BCUT2D eigenvalue weighted by molar-refractivity contribution is -0.143. The second-order valence-corrected chi connectivity index (χ2v) is 10.3. The van der Waals surface area contributed by atoms with Crippen molar-refractivity contribution in [2.75, 3.05) is 14.2 Å². The molecule has 0 unspecified atom stereocenters. The van der Waals surface area contributed by atoms with Gasteiger partial charge in [-0.1, -0.05) is 33.3 Å². The van der Waals surface area contributed by atoms with Crippen LogP contribution in [0.5, 0.6) is 17.2 Å². The molecule has 10 heteroatoms. The molecule has 0 saturated carbocycles. The van der Waals surface area contributed by atoms with Gasteiger partial charge in [-0.2, -0.15) is 0 Å². The van der Waals surface area contributed by atoms with Crippen LogP contribution in [0.1, 0.15) is 37.9 Å². The van der Waals surface area contributed by atoms with Crippen molar-refractivity contribution < 1.29 is 24.1 Å². The summed E-state index contributed by atoms with van der Waals surface area (Å²) in [6.45, 7) is 5.27. The van der Waals surface area contributed by atoms with Gasteiger partial charge in [-0.25, -0.2) is 9.79 Å². The van der Waals surface area contributed by atoms with Crippen LogP contribution in [0.25, 0.3) is 6.08 Å². The first-order valence-corrected chi connectivity index (χ1v) is 12.7. The standard InChI is InChI=1S/C26H25BrN2O6S/c1-13(2)35-25(32)22-14(3)28-26-29(23(22)17-12-16(27)7-9-19(17)33-4)24(31)21(36-26)11-15-6-8-18(30)20(10-15)34-5/h6-13,23,30H,1-5H3/b21-11-/t23-/m0/s1. The quantitative estimate of drug-likeness (QED) is 0.452. The fraction of sp³-hybridized carbons (Fsp3) is 0.269. The molecule has 8 nitrogen and oxygen atoms in total. The minimum absolute atomic E-state index is 0.00166. The number of hydrogen-bond acceptors (Lipinski definition) is 8. The molecule has 188 valence electrons. The zero-order valence-corrected chi connectivity index (χ0v) is 22.8. The van der Waals surface area contributed by atoms with Crippen molar-refractivity contribution in [2.24, 2.45) is 4.99 Å². The summed E-state index contributed by atoms with van der Waals surface area (Å²) in [7, 11) is 3.00. The predicted octanol–water partition coefficient (Wildman–Crippen LogP) is 3.67. The largest absolute Gasteiger partial charge is 0.504 e. The molecule has 0 aliphatic carbocycles. The Bertz CT molecular complexity index is 1550. The zero-order chi connectivity index (χ0) is 26.1. The average molecular weight is 573 g/mol. The van der Waals surface area contributed by atoms with Crippen molar-refractivity contribution in [1.29, 1.82) is 0 Å². The van der Waals surface area contributed by atoms with Crippen LogP contribution < -0.4 is 24.4 Å². The normalized spacial score (nSPS) is 15.5. The van der Waals surface area contributed by atoms with E-state index in [2.05, 4.69) is 20.9 Å². The Balaban J connectivity index is 1.99. The summed E-state index contributed by atoms with van der Waals surface area (Å²) >= 11 is 4.71. The molecular formula is C26H25BrN2O6S. The lowest BCUT2D eigenvalue weighted by Gasteiger charge is -2.26. The highest BCUT2D eigenvalue weighted by Crippen LogP contribution is 2.37. The van der Waals surface area contributed by atoms with E-state index in [0.29, 0.717) is 37.7 Å². The number of nitrogens with zero attached hydrogens (tertiary/aromatic N) is 2. The summed E-state index contributed by atoms with van der Waals surface area (Å²) in [6, 6.07) is 9.44. The van der Waals surface area contributed by atoms with E-state index in [1.165, 1.54) is 36.2 Å². The highest BCUT2D eigenvalue weighted by molar-refractivity contribution is 9.10. The Morgan fingerprint density at radius 3 is 2.56 bits per heavy atom. The number of phenols is 1. The topological polar surface area (TPSA) is 99.4 Å². The van der Waals surface area contributed by atoms with Gasteiger partial charge in [0, 0.05) is 10.0 Å². The lowest BCUT2D eigenvalue weighted by atomic mass is 9.95. The van der Waals surface area contributed by atoms with Gasteiger partial charge in [0.2, 0.25) is 0 Å². The average Bonchev–Trinajstić information content (AvgIpc) is 3.13. The highest BCUT2D eigenvalue weighted by atomic mass is 79.9. The first kappa shape index (κ1) is 25.7. The van der Waals surface area contributed by atoms with E-state index in [4.69, 9.17) is 14.2 Å². The van der Waals surface area contributed by atoms with Gasteiger partial charge in [0.1, 0.15) is 11.8 Å². The zero-order valence-electron chi connectivity index (χ0n) is 20.4. The van der Waals surface area contributed by atoms with Crippen molar-refractivity contribution in [1.82, 2.24) is 4.57 Å². The molecule has 2 heterocycles. The minimum Gasteiger partial charge on any atom is -0.504 e. The fourth-order valence-electron chi connectivity index (χ4n) is 4.01. The Hall–Kier alpha value is -3.37. The number of aromatic nitrogens is 1. The monoisotopic (exact) mass is 572 g/mol. The Labute approximate surface area is 219 Å². The van der Waals surface area contributed by atoms with Crippen LogP contribution in [0.4, 0.5) is 0 Å². The molecule has 1 aromatic heterocycles. The van der Waals surface area contributed by atoms with Crippen LogP contribution in [0.2, 0.25) is 0 Å². The molecule has 0 saturated heterocycles. The van der Waals surface area contributed by atoms with Crippen LogP contribution >= 0.6 is 27.3 Å². The predicted molar refractivity (Wildman–Crippen MR) is 140 cm³/mol. The highest BCUT2D eigenvalue weighted by Gasteiger charge is 2.35. The second kappa shape index (κ2) is 10.3. The first-order chi connectivity index (χ1) is 17.1. The summed E-state index contributed by atoms with van der Waals surface area (Å²) in [5.74, 6) is 0.269. The molecule has 36 heavy (non-hydrogen) atoms. The van der Waals surface area contributed by atoms with Crippen LogP contribution in [0.15, 0.2) is 61.9 Å². The number of allylic oxidation sites excluding steroid dienone is 1. The molecule has 0 spiro atoms. The van der Waals surface area contributed by atoms with E-state index < -0.39 is 12.0 Å². The number of halogens is 1. The molecule has 3 aromatic rings. The molecule has 1 atom stereocenters. The number of esters is 1. The van der Waals surface area contributed by atoms with Gasteiger partial charge in [-0.05, 0) is 62.7 Å². The van der Waals surface area contributed by atoms with E-state index in [1.54, 1.807) is 45.0 Å². The van der Waals surface area contributed by atoms with Crippen molar-refractivity contribution in [3.8, 4) is 17.2 Å². The maximum absolute atomic E-state index is 13.8. The Kier molecular flexibility index (Phi) is 7.37. The summed E-state index contributed by atoms with van der Waals surface area (Å²) in [5.41, 5.74) is 1.70. The summed E-state index contributed by atoms with van der Waals surface area (Å²) in [5, 5.41) is 9.91. The van der Waals surface area contributed by atoms with Crippen LogP contribution in [0.3, 0.4) is 0 Å². The number of rotatable bonds is 6. The number of hydrogen-bond donors (Lipinski definition) is 1. The van der Waals surface area contributed by atoms with E-state index in [-0.39, 0.29) is 23.0 Å². The minimum atomic E-state index is -0.809. The third-order valence-corrected chi connectivity index (χ3v) is 7.05. The Morgan fingerprint density at radius 1 is 1.17 bits per heavy atom. The molecule has 0 amide bonds. The SMILES string of the molecule is COc1cc(/C=c2\sc3n(c2=O)[C@@H](c2cc(Br)ccc2OC)C(C(=O)OC(C)C)=C(C)N=3)ccc1O. The van der Waals surface area contributed by atoms with Gasteiger partial charge >= 0.3 is 5.97 Å². The molecule has 0 bridgehead atoms. The van der Waals surface area contributed by atoms with E-state index in [9.17, 15) is 14.7 Å². The molecule has 1 N–H and O–H groups in total. The summed E-state index contributed by atoms with van der Waals surface area (Å²) < 4.78 is 19.0. The van der Waals surface area contributed by atoms with Gasteiger partial charge in [0.25, 0.3) is 5.56 Å². The molecule has 4 rings (SSSR count). The number of fused-ring (bicyclic) bond motifs is 1. The van der Waals surface area contributed by atoms with Gasteiger partial charge < -0.3 is 19.3 Å². The van der Waals surface area contributed by atoms with Crippen molar-refractivity contribution >= 4 is 39.3 Å². The van der Waals surface area contributed by atoms with Crippen LogP contribution in [0, 0.1) is 0 Å². The number of thiazole rings is 1. The van der Waals surface area contributed by atoms with Crippen molar-refractivity contribution in [2.45, 2.75) is 32.9 Å². The number of methoxy groups -OCH3 is 2. The molecular weight excluding hydrogens is 548 g/mol. The van der Waals surface area contributed by atoms with Gasteiger partial charge in [0.15, 0.2) is 16.3 Å². The summed E-state index contributed by atoms with van der Waals surface area (Å²) in [4.78, 5) is 32.1. The Morgan fingerprint density at radius 2 is 1.89 bits per heavy atom. The number of carbonyl (C=O) groups excluding carboxylic acids is 1. The molecule has 1 aliphatic heterocycles. The molecule has 2 aromatic carbocycles. The first-order valence-electron chi connectivity index (χ1n) is 11.1. The van der Waals surface area contributed by atoms with Crippen molar-refractivity contribution in [3.05, 3.63) is 83.0 Å². The maximum Gasteiger partial charge on any atom is 0.338 e. The number of carbonyl (C=O) groups is 1. The molecule has 0 radical (unpaired) electrons. The maximum atomic E-state index is 13.8. The number of benzene rings is 2. The molecule has 1 aliphatic rings. The lowest BCUT2D eigenvalue weighted by Crippen LogP contribution is -2.40. The molecule has 0 fully saturated rings.